The van der Waals surface area contributed by atoms with Crippen molar-refractivity contribution < 1.29 is 9.18 Å². The van der Waals surface area contributed by atoms with Crippen molar-refractivity contribution in [3.05, 3.63) is 35.1 Å². The van der Waals surface area contributed by atoms with Gasteiger partial charge in [-0.1, -0.05) is 26.8 Å². The summed E-state index contributed by atoms with van der Waals surface area (Å²) in [4.78, 5) is 12.1. The topological polar surface area (TPSA) is 17.1 Å². The van der Waals surface area contributed by atoms with Crippen LogP contribution in [0.2, 0.25) is 0 Å². The number of hydrogen-bond acceptors (Lipinski definition) is 1. The molecule has 0 bridgehead atoms. The third-order valence-electron chi connectivity index (χ3n) is 2.94. The SMILES string of the molecule is CCC(C)(C)C(=O)c1cc(F)ccc1C. The largest absolute Gasteiger partial charge is 0.294 e. The van der Waals surface area contributed by atoms with Crippen molar-refractivity contribution in [2.75, 3.05) is 0 Å². The molecule has 1 rings (SSSR count). The van der Waals surface area contributed by atoms with Crippen molar-refractivity contribution in [1.82, 2.24) is 0 Å². The fourth-order valence-electron chi connectivity index (χ4n) is 1.36. The Kier molecular flexibility index (Phi) is 3.28. The lowest BCUT2D eigenvalue weighted by molar-refractivity contribution is 0.0832. The molecule has 0 aliphatic rings. The van der Waals surface area contributed by atoms with Gasteiger partial charge in [0.15, 0.2) is 5.78 Å². The van der Waals surface area contributed by atoms with Crippen molar-refractivity contribution in [2.24, 2.45) is 5.41 Å². The van der Waals surface area contributed by atoms with E-state index in [2.05, 4.69) is 0 Å². The highest BCUT2D eigenvalue weighted by atomic mass is 19.1. The summed E-state index contributed by atoms with van der Waals surface area (Å²) in [6.45, 7) is 7.57. The predicted octanol–water partition coefficient (Wildman–Crippen LogP) is 3.75. The van der Waals surface area contributed by atoms with Crippen LogP contribution in [-0.2, 0) is 0 Å². The van der Waals surface area contributed by atoms with E-state index in [1.54, 1.807) is 6.07 Å². The van der Waals surface area contributed by atoms with Crippen LogP contribution in [0.1, 0.15) is 43.1 Å². The molecule has 0 heterocycles. The normalized spacial score (nSPS) is 11.5. The van der Waals surface area contributed by atoms with E-state index in [0.29, 0.717) is 5.56 Å². The van der Waals surface area contributed by atoms with E-state index < -0.39 is 5.41 Å². The average Bonchev–Trinajstić information content (AvgIpc) is 2.20. The summed E-state index contributed by atoms with van der Waals surface area (Å²) in [5, 5.41) is 0. The van der Waals surface area contributed by atoms with Crippen LogP contribution in [0.15, 0.2) is 18.2 Å². The number of Topliss-reactive ketones (excluding diaryl/α,β-unsaturated/α-hetero) is 1. The van der Waals surface area contributed by atoms with Gasteiger partial charge in [-0.2, -0.15) is 0 Å². The van der Waals surface area contributed by atoms with Gasteiger partial charge in [0.05, 0.1) is 0 Å². The molecule has 0 fully saturated rings. The number of rotatable bonds is 3. The second-order valence-corrected chi connectivity index (χ2v) is 4.53. The van der Waals surface area contributed by atoms with Crippen molar-refractivity contribution >= 4 is 5.78 Å². The molecule has 0 N–H and O–H groups in total. The molecule has 0 radical (unpaired) electrons. The van der Waals surface area contributed by atoms with Crippen LogP contribution >= 0.6 is 0 Å². The Bertz CT molecular complexity index is 380. The first kappa shape index (κ1) is 11.9. The van der Waals surface area contributed by atoms with Crippen molar-refractivity contribution in [1.29, 1.82) is 0 Å². The smallest absolute Gasteiger partial charge is 0.168 e. The van der Waals surface area contributed by atoms with Crippen LogP contribution in [-0.4, -0.2) is 5.78 Å². The van der Waals surface area contributed by atoms with Gasteiger partial charge >= 0.3 is 0 Å². The number of aryl methyl sites for hydroxylation is 1. The zero-order valence-electron chi connectivity index (χ0n) is 9.73. The monoisotopic (exact) mass is 208 g/mol. The number of ketones is 1. The molecular formula is C13H17FO. The Labute approximate surface area is 90.3 Å². The second kappa shape index (κ2) is 4.13. The van der Waals surface area contributed by atoms with Crippen LogP contribution < -0.4 is 0 Å². The lowest BCUT2D eigenvalue weighted by Gasteiger charge is -2.21. The third kappa shape index (κ3) is 2.44. The zero-order chi connectivity index (χ0) is 11.6. The van der Waals surface area contributed by atoms with Gasteiger partial charge in [-0.15, -0.1) is 0 Å². The molecule has 0 aromatic heterocycles. The molecule has 15 heavy (non-hydrogen) atoms. The van der Waals surface area contributed by atoms with E-state index in [0.717, 1.165) is 12.0 Å². The molecule has 0 saturated heterocycles. The Morgan fingerprint density at radius 3 is 2.53 bits per heavy atom. The highest BCUT2D eigenvalue weighted by Gasteiger charge is 2.27. The lowest BCUT2D eigenvalue weighted by atomic mass is 9.81. The van der Waals surface area contributed by atoms with Gasteiger partial charge in [0.2, 0.25) is 0 Å². The van der Waals surface area contributed by atoms with Crippen LogP contribution in [0.25, 0.3) is 0 Å². The van der Waals surface area contributed by atoms with E-state index in [-0.39, 0.29) is 11.6 Å². The van der Waals surface area contributed by atoms with Gasteiger partial charge in [-0.25, -0.2) is 4.39 Å². The molecule has 1 aromatic rings. The quantitative estimate of drug-likeness (QED) is 0.691. The first-order valence-electron chi connectivity index (χ1n) is 5.19. The van der Waals surface area contributed by atoms with Gasteiger partial charge in [0, 0.05) is 11.0 Å². The van der Waals surface area contributed by atoms with Crippen molar-refractivity contribution in [2.45, 2.75) is 34.1 Å². The van der Waals surface area contributed by atoms with Gasteiger partial charge in [0.25, 0.3) is 0 Å². The summed E-state index contributed by atoms with van der Waals surface area (Å²) in [7, 11) is 0. The van der Waals surface area contributed by atoms with Gasteiger partial charge in [-0.05, 0) is 31.0 Å². The minimum absolute atomic E-state index is 0.0157. The first-order valence-corrected chi connectivity index (χ1v) is 5.19. The van der Waals surface area contributed by atoms with E-state index in [1.807, 2.05) is 27.7 Å². The fraction of sp³-hybridized carbons (Fsp3) is 0.462. The number of carbonyl (C=O) groups excluding carboxylic acids is 1. The third-order valence-corrected chi connectivity index (χ3v) is 2.94. The Morgan fingerprint density at radius 2 is 2.00 bits per heavy atom. The summed E-state index contributed by atoms with van der Waals surface area (Å²) < 4.78 is 13.0. The number of hydrogen-bond donors (Lipinski definition) is 0. The molecule has 0 amide bonds. The van der Waals surface area contributed by atoms with E-state index in [9.17, 15) is 9.18 Å². The van der Waals surface area contributed by atoms with Gasteiger partial charge in [-0.3, -0.25) is 4.79 Å². The van der Waals surface area contributed by atoms with E-state index >= 15 is 0 Å². The molecule has 0 atom stereocenters. The lowest BCUT2D eigenvalue weighted by Crippen LogP contribution is -2.24. The van der Waals surface area contributed by atoms with E-state index in [4.69, 9.17) is 0 Å². The maximum atomic E-state index is 13.0. The molecule has 2 heteroatoms. The summed E-state index contributed by atoms with van der Waals surface area (Å²) >= 11 is 0. The number of carbonyl (C=O) groups is 1. The Balaban J connectivity index is 3.17. The molecule has 1 aromatic carbocycles. The average molecular weight is 208 g/mol. The van der Waals surface area contributed by atoms with Gasteiger partial charge in [0.1, 0.15) is 5.82 Å². The first-order chi connectivity index (χ1) is 6.88. The predicted molar refractivity (Wildman–Crippen MR) is 59.5 cm³/mol. The Morgan fingerprint density at radius 1 is 1.40 bits per heavy atom. The van der Waals surface area contributed by atoms with Crippen molar-refractivity contribution in [3.63, 3.8) is 0 Å². The minimum Gasteiger partial charge on any atom is -0.294 e. The van der Waals surface area contributed by atoms with Crippen molar-refractivity contribution in [3.8, 4) is 0 Å². The van der Waals surface area contributed by atoms with Crippen LogP contribution in [0.5, 0.6) is 0 Å². The van der Waals surface area contributed by atoms with Crippen LogP contribution in [0.3, 0.4) is 0 Å². The number of halogens is 1. The molecule has 1 nitrogen and oxygen atoms in total. The molecular weight excluding hydrogens is 191 g/mol. The molecule has 0 unspecified atom stereocenters. The summed E-state index contributed by atoms with van der Waals surface area (Å²) in [6.07, 6.45) is 0.752. The maximum absolute atomic E-state index is 13.0. The highest BCUT2D eigenvalue weighted by molar-refractivity contribution is 6.01. The van der Waals surface area contributed by atoms with Gasteiger partial charge < -0.3 is 0 Å². The molecule has 82 valence electrons. The molecule has 0 saturated carbocycles. The standard InChI is InChI=1S/C13H17FO/c1-5-13(3,4)12(15)11-8-10(14)7-6-9(11)2/h6-8H,5H2,1-4H3. The highest BCUT2D eigenvalue weighted by Crippen LogP contribution is 2.27. The summed E-state index contributed by atoms with van der Waals surface area (Å²) in [5.74, 6) is -0.335. The molecule has 0 spiro atoms. The summed E-state index contributed by atoms with van der Waals surface area (Å²) in [5.41, 5.74) is 0.920. The number of benzene rings is 1. The second-order valence-electron chi connectivity index (χ2n) is 4.53. The summed E-state index contributed by atoms with van der Waals surface area (Å²) in [6, 6.07) is 4.36. The molecule has 0 aliphatic carbocycles. The van der Waals surface area contributed by atoms with E-state index in [1.165, 1.54) is 12.1 Å². The zero-order valence-corrected chi connectivity index (χ0v) is 9.73. The maximum Gasteiger partial charge on any atom is 0.168 e. The van der Waals surface area contributed by atoms with Crippen LogP contribution in [0, 0.1) is 18.2 Å². The minimum atomic E-state index is -0.418. The fourth-order valence-corrected chi connectivity index (χ4v) is 1.36. The van der Waals surface area contributed by atoms with Crippen LogP contribution in [0.4, 0.5) is 4.39 Å². The molecule has 0 aliphatic heterocycles. The Hall–Kier alpha value is -1.18.